The van der Waals surface area contributed by atoms with Crippen molar-refractivity contribution >= 4 is 21.5 Å². The fourth-order valence-corrected chi connectivity index (χ4v) is 5.96. The van der Waals surface area contributed by atoms with Crippen molar-refractivity contribution in [3.63, 3.8) is 0 Å². The number of anilines is 1. The minimum absolute atomic E-state index is 0.0333. The van der Waals surface area contributed by atoms with Crippen LogP contribution in [0.15, 0.2) is 94.7 Å². The molecule has 4 aromatic rings. The first-order valence-corrected chi connectivity index (χ1v) is 12.9. The van der Waals surface area contributed by atoms with Gasteiger partial charge >= 0.3 is 5.97 Å². The van der Waals surface area contributed by atoms with Crippen molar-refractivity contribution in [1.29, 1.82) is 0 Å². The zero-order valence-electron chi connectivity index (χ0n) is 20.1. The van der Waals surface area contributed by atoms with Crippen LogP contribution < -0.4 is 10.5 Å². The fraction of sp³-hybridized carbons (Fsp3) is 0.138. The van der Waals surface area contributed by atoms with Crippen LogP contribution in [0.1, 0.15) is 38.2 Å². The highest BCUT2D eigenvalue weighted by Gasteiger charge is 2.32. The minimum Gasteiger partial charge on any atom is -0.489 e. The van der Waals surface area contributed by atoms with Gasteiger partial charge < -0.3 is 15.6 Å². The van der Waals surface area contributed by atoms with Gasteiger partial charge in [0, 0.05) is 5.69 Å². The van der Waals surface area contributed by atoms with Crippen LogP contribution in [-0.4, -0.2) is 19.5 Å². The second-order valence-corrected chi connectivity index (χ2v) is 10.4. The summed E-state index contributed by atoms with van der Waals surface area (Å²) in [6.07, 6.45) is 0.244. The average molecular weight is 502 g/mol. The highest BCUT2D eigenvalue weighted by atomic mass is 32.2. The molecule has 36 heavy (non-hydrogen) atoms. The number of nitrogens with two attached hydrogens (primary N) is 1. The number of nitrogen functional groups attached to an aromatic ring is 1. The first kappa shape index (κ1) is 25.0. The highest BCUT2D eigenvalue weighted by Crippen LogP contribution is 2.37. The highest BCUT2D eigenvalue weighted by molar-refractivity contribution is 7.91. The van der Waals surface area contributed by atoms with Gasteiger partial charge in [0.25, 0.3) is 0 Å². The maximum atomic E-state index is 13.8. The number of sulfone groups is 1. The van der Waals surface area contributed by atoms with Crippen LogP contribution in [0.5, 0.6) is 5.75 Å². The van der Waals surface area contributed by atoms with Crippen molar-refractivity contribution in [2.75, 3.05) is 5.73 Å². The lowest BCUT2D eigenvalue weighted by molar-refractivity contribution is 0.0691. The van der Waals surface area contributed by atoms with E-state index in [1.807, 2.05) is 60.7 Å². The summed E-state index contributed by atoms with van der Waals surface area (Å²) in [5, 5.41) is 10.2. The van der Waals surface area contributed by atoms with Gasteiger partial charge in [0.05, 0.1) is 15.4 Å². The molecule has 0 saturated carbocycles. The topological polar surface area (TPSA) is 107 Å². The first-order valence-electron chi connectivity index (χ1n) is 11.4. The number of ether oxygens (including phenoxy) is 1. The van der Waals surface area contributed by atoms with Crippen LogP contribution in [0, 0.1) is 13.8 Å². The van der Waals surface area contributed by atoms with E-state index >= 15 is 0 Å². The van der Waals surface area contributed by atoms with Gasteiger partial charge in [-0.25, -0.2) is 13.2 Å². The summed E-state index contributed by atoms with van der Waals surface area (Å²) in [7, 11) is -4.20. The number of carboxylic acid groups (broad SMARTS) is 1. The molecular weight excluding hydrogens is 474 g/mol. The predicted molar refractivity (Wildman–Crippen MR) is 139 cm³/mol. The molecule has 0 aliphatic heterocycles. The standard InChI is InChI=1S/C29H27NO5S/c1-19-25(17-21-9-5-3-6-10-21)26(29(31)32)28(20(2)27(19)30)36(33,34)24-15-13-23(14-16-24)35-18-22-11-7-4-8-12-22/h3-16H,17-18,30H2,1-2H3,(H,31,32). The lowest BCUT2D eigenvalue weighted by atomic mass is 9.92. The molecule has 6 nitrogen and oxygen atoms in total. The zero-order valence-corrected chi connectivity index (χ0v) is 20.9. The van der Waals surface area contributed by atoms with Gasteiger partial charge in [-0.15, -0.1) is 0 Å². The molecule has 0 bridgehead atoms. The van der Waals surface area contributed by atoms with Gasteiger partial charge in [0.1, 0.15) is 12.4 Å². The van der Waals surface area contributed by atoms with Gasteiger partial charge in [-0.1, -0.05) is 60.7 Å². The second kappa shape index (κ2) is 10.3. The molecule has 0 atom stereocenters. The lowest BCUT2D eigenvalue weighted by Crippen LogP contribution is -2.18. The normalized spacial score (nSPS) is 11.3. The third-order valence-corrected chi connectivity index (χ3v) is 8.16. The maximum absolute atomic E-state index is 13.8. The molecule has 3 N–H and O–H groups in total. The molecule has 0 aliphatic rings. The molecule has 184 valence electrons. The summed E-state index contributed by atoms with van der Waals surface area (Å²) in [6, 6.07) is 24.9. The Morgan fingerprint density at radius 2 is 1.39 bits per heavy atom. The van der Waals surface area contributed by atoms with Crippen LogP contribution >= 0.6 is 0 Å². The molecule has 7 heteroatoms. The Labute approximate surface area is 210 Å². The number of benzene rings is 4. The molecule has 0 heterocycles. The van der Waals surface area contributed by atoms with Crippen LogP contribution in [-0.2, 0) is 22.9 Å². The Kier molecular flexibility index (Phi) is 7.12. The molecule has 0 spiro atoms. The molecule has 0 aromatic heterocycles. The van der Waals surface area contributed by atoms with Crippen molar-refractivity contribution in [3.05, 3.63) is 118 Å². The largest absolute Gasteiger partial charge is 0.489 e. The van der Waals surface area contributed by atoms with Crippen molar-refractivity contribution in [2.45, 2.75) is 36.7 Å². The van der Waals surface area contributed by atoms with E-state index < -0.39 is 15.8 Å². The van der Waals surface area contributed by atoms with E-state index in [-0.39, 0.29) is 33.0 Å². The molecule has 0 aliphatic carbocycles. The van der Waals surface area contributed by atoms with Crippen molar-refractivity contribution in [1.82, 2.24) is 0 Å². The predicted octanol–water partition coefficient (Wildman–Crippen LogP) is 5.59. The van der Waals surface area contributed by atoms with E-state index in [0.29, 0.717) is 23.5 Å². The smallest absolute Gasteiger partial charge is 0.337 e. The van der Waals surface area contributed by atoms with Crippen molar-refractivity contribution < 1.29 is 23.1 Å². The monoisotopic (exact) mass is 501 g/mol. The number of carbonyl (C=O) groups is 1. The van der Waals surface area contributed by atoms with Crippen LogP contribution in [0.25, 0.3) is 0 Å². The third kappa shape index (κ3) is 4.97. The molecule has 4 rings (SSSR count). The van der Waals surface area contributed by atoms with E-state index in [4.69, 9.17) is 10.5 Å². The number of aromatic carboxylic acids is 1. The molecule has 0 saturated heterocycles. The fourth-order valence-electron chi connectivity index (χ4n) is 4.24. The van der Waals surface area contributed by atoms with Crippen LogP contribution in [0.2, 0.25) is 0 Å². The molecular formula is C29H27NO5S. The van der Waals surface area contributed by atoms with Gasteiger partial charge in [-0.3, -0.25) is 0 Å². The summed E-state index contributed by atoms with van der Waals surface area (Å²) in [5.41, 5.74) is 9.37. The van der Waals surface area contributed by atoms with E-state index in [0.717, 1.165) is 11.1 Å². The molecule has 0 unspecified atom stereocenters. The molecule has 0 amide bonds. The second-order valence-electron chi connectivity index (χ2n) is 8.56. The Morgan fingerprint density at radius 1 is 0.833 bits per heavy atom. The number of hydrogen-bond acceptors (Lipinski definition) is 5. The molecule has 4 aromatic carbocycles. The van der Waals surface area contributed by atoms with Crippen molar-refractivity contribution in [2.24, 2.45) is 0 Å². The van der Waals surface area contributed by atoms with E-state index in [2.05, 4.69) is 0 Å². The number of rotatable bonds is 8. The Balaban J connectivity index is 1.75. The molecule has 0 radical (unpaired) electrons. The van der Waals surface area contributed by atoms with Crippen LogP contribution in [0.4, 0.5) is 5.69 Å². The van der Waals surface area contributed by atoms with E-state index in [1.165, 1.54) is 12.1 Å². The van der Waals surface area contributed by atoms with Crippen LogP contribution in [0.3, 0.4) is 0 Å². The number of carboxylic acids is 1. The Hall–Kier alpha value is -4.10. The summed E-state index contributed by atoms with van der Waals surface area (Å²) >= 11 is 0. The van der Waals surface area contributed by atoms with Crippen molar-refractivity contribution in [3.8, 4) is 5.75 Å². The SMILES string of the molecule is Cc1c(N)c(C)c(S(=O)(=O)c2ccc(OCc3ccccc3)cc2)c(C(=O)O)c1Cc1ccccc1. The summed E-state index contributed by atoms with van der Waals surface area (Å²) in [4.78, 5) is 12.2. The van der Waals surface area contributed by atoms with Gasteiger partial charge in [0.2, 0.25) is 9.84 Å². The van der Waals surface area contributed by atoms with E-state index in [9.17, 15) is 18.3 Å². The van der Waals surface area contributed by atoms with Gasteiger partial charge in [-0.05, 0) is 72.4 Å². The zero-order chi connectivity index (χ0) is 25.9. The molecule has 0 fully saturated rings. The first-order chi connectivity index (χ1) is 17.2. The maximum Gasteiger partial charge on any atom is 0.337 e. The minimum atomic E-state index is -4.20. The average Bonchev–Trinajstić information content (AvgIpc) is 2.88. The van der Waals surface area contributed by atoms with Gasteiger partial charge in [-0.2, -0.15) is 0 Å². The third-order valence-electron chi connectivity index (χ3n) is 6.22. The van der Waals surface area contributed by atoms with Gasteiger partial charge in [0.15, 0.2) is 0 Å². The quantitative estimate of drug-likeness (QED) is 0.305. The van der Waals surface area contributed by atoms with E-state index in [1.54, 1.807) is 26.0 Å². The Bertz CT molecular complexity index is 1500. The summed E-state index contributed by atoms with van der Waals surface area (Å²) in [6.45, 7) is 3.61. The summed E-state index contributed by atoms with van der Waals surface area (Å²) in [5.74, 6) is -0.810. The number of hydrogen-bond donors (Lipinski definition) is 2. The summed E-state index contributed by atoms with van der Waals surface area (Å²) < 4.78 is 33.3. The Morgan fingerprint density at radius 3 is 1.94 bits per heavy atom. The lowest BCUT2D eigenvalue weighted by Gasteiger charge is -2.20.